The van der Waals surface area contributed by atoms with E-state index < -0.39 is 0 Å². The molecule has 0 aliphatic rings. The fourth-order valence-electron chi connectivity index (χ4n) is 6.11. The predicted octanol–water partition coefficient (Wildman–Crippen LogP) is 8.25. The molecular weight excluding hydrogens is 740 g/mol. The molecule has 0 aliphatic carbocycles. The molecule has 5 heterocycles. The van der Waals surface area contributed by atoms with E-state index in [-0.39, 0.29) is 21.1 Å². The first kappa shape index (κ1) is 27.1. The van der Waals surface area contributed by atoms with Crippen molar-refractivity contribution >= 4 is 43.6 Å². The van der Waals surface area contributed by atoms with Crippen molar-refractivity contribution in [2.75, 3.05) is 0 Å². The molecule has 8 heteroatoms. The maximum Gasteiger partial charge on any atom is 2.00 e. The molecular formula is C37H22N6OPt. The Balaban J connectivity index is 0.00000300. The Labute approximate surface area is 272 Å². The van der Waals surface area contributed by atoms with Crippen LogP contribution in [0, 0.1) is 12.1 Å². The van der Waals surface area contributed by atoms with Gasteiger partial charge in [-0.2, -0.15) is 17.2 Å². The van der Waals surface area contributed by atoms with Gasteiger partial charge in [0.25, 0.3) is 0 Å². The van der Waals surface area contributed by atoms with E-state index >= 15 is 0 Å². The van der Waals surface area contributed by atoms with Crippen LogP contribution >= 0.6 is 0 Å². The number of aromatic nitrogens is 6. The summed E-state index contributed by atoms with van der Waals surface area (Å²) in [7, 11) is 0. The summed E-state index contributed by atoms with van der Waals surface area (Å²) < 4.78 is 12.6. The van der Waals surface area contributed by atoms with Gasteiger partial charge in [-0.15, -0.1) is 35.7 Å². The topological polar surface area (TPSA) is 62.7 Å². The van der Waals surface area contributed by atoms with Crippen LogP contribution in [0.4, 0.5) is 0 Å². The van der Waals surface area contributed by atoms with Crippen molar-refractivity contribution < 1.29 is 25.8 Å². The minimum absolute atomic E-state index is 0. The molecule has 0 saturated heterocycles. The van der Waals surface area contributed by atoms with Crippen molar-refractivity contribution in [3.8, 4) is 28.8 Å². The second kappa shape index (κ2) is 10.9. The van der Waals surface area contributed by atoms with Gasteiger partial charge in [-0.3, -0.25) is 9.55 Å². The summed E-state index contributed by atoms with van der Waals surface area (Å²) in [5.41, 5.74) is 4.80. The molecule has 5 aromatic heterocycles. The Bertz CT molecular complexity index is 2440. The summed E-state index contributed by atoms with van der Waals surface area (Å²) in [6.45, 7) is 0. The summed E-state index contributed by atoms with van der Waals surface area (Å²) in [5.74, 6) is 2.85. The molecule has 0 saturated carbocycles. The largest absolute Gasteiger partial charge is 2.00 e. The van der Waals surface area contributed by atoms with Gasteiger partial charge in [0, 0.05) is 46.2 Å². The molecule has 0 unspecified atom stereocenters. The molecule has 0 bridgehead atoms. The van der Waals surface area contributed by atoms with E-state index in [9.17, 15) is 0 Å². The number of pyridine rings is 2. The summed E-state index contributed by atoms with van der Waals surface area (Å²) in [6, 6.07) is 43.4. The third-order valence-corrected chi connectivity index (χ3v) is 7.96. The number of ether oxygens (including phenoxy) is 1. The molecule has 4 aromatic carbocycles. The van der Waals surface area contributed by atoms with Crippen LogP contribution in [0.2, 0.25) is 0 Å². The van der Waals surface area contributed by atoms with Gasteiger partial charge >= 0.3 is 21.1 Å². The van der Waals surface area contributed by atoms with Crippen LogP contribution < -0.4 is 4.74 Å². The second-order valence-corrected chi connectivity index (χ2v) is 10.5. The Morgan fingerprint density at radius 2 is 1.31 bits per heavy atom. The van der Waals surface area contributed by atoms with Gasteiger partial charge in [0.05, 0.1) is 23.4 Å². The smallest absolute Gasteiger partial charge is 0.509 e. The van der Waals surface area contributed by atoms with Crippen LogP contribution in [0.25, 0.3) is 60.9 Å². The van der Waals surface area contributed by atoms with E-state index in [1.54, 1.807) is 12.4 Å². The Morgan fingerprint density at radius 1 is 0.556 bits per heavy atom. The maximum absolute atomic E-state index is 6.38. The van der Waals surface area contributed by atoms with E-state index in [0.29, 0.717) is 11.5 Å². The van der Waals surface area contributed by atoms with Gasteiger partial charge < -0.3 is 9.30 Å². The van der Waals surface area contributed by atoms with Crippen LogP contribution in [0.1, 0.15) is 0 Å². The van der Waals surface area contributed by atoms with Crippen molar-refractivity contribution in [3.05, 3.63) is 146 Å². The molecule has 0 N–H and O–H groups in total. The quantitative estimate of drug-likeness (QED) is 0.166. The number of hydrogen-bond donors (Lipinski definition) is 0. The van der Waals surface area contributed by atoms with Gasteiger partial charge in [0.15, 0.2) is 0 Å². The average molecular weight is 762 g/mol. The van der Waals surface area contributed by atoms with Crippen LogP contribution in [0.15, 0.2) is 134 Å². The van der Waals surface area contributed by atoms with E-state index in [0.717, 1.165) is 60.9 Å². The number of benzene rings is 4. The standard InChI is InChI=1S/C37H22N6O.Pt/c1-3-12-32-28(10-1)30-16-15-27(23-34(30)41(32)36-14-5-6-19-39-36)44-26-9-7-8-25(22-26)43-37(18-21-40-43)42-33-13-4-2-11-29(33)31-17-20-38-24-35(31)42;/h1-21,24H;/q-2;+2. The van der Waals surface area contributed by atoms with E-state index in [2.05, 4.69) is 84.9 Å². The normalized spacial score (nSPS) is 11.4. The Hall–Kier alpha value is -5.52. The van der Waals surface area contributed by atoms with E-state index in [4.69, 9.17) is 4.74 Å². The molecule has 45 heavy (non-hydrogen) atoms. The second-order valence-electron chi connectivity index (χ2n) is 10.5. The summed E-state index contributed by atoms with van der Waals surface area (Å²) in [4.78, 5) is 9.04. The average Bonchev–Trinajstić information content (AvgIpc) is 3.78. The fraction of sp³-hybridized carbons (Fsp3) is 0. The van der Waals surface area contributed by atoms with Crippen molar-refractivity contribution in [2.24, 2.45) is 0 Å². The number of nitrogens with zero attached hydrogens (tertiary/aromatic N) is 6. The van der Waals surface area contributed by atoms with Gasteiger partial charge in [-0.05, 0) is 41.4 Å². The third kappa shape index (κ3) is 4.35. The third-order valence-electron chi connectivity index (χ3n) is 7.96. The zero-order valence-electron chi connectivity index (χ0n) is 23.6. The molecule has 0 fully saturated rings. The molecule has 0 spiro atoms. The molecule has 9 aromatic rings. The van der Waals surface area contributed by atoms with Crippen molar-refractivity contribution in [2.45, 2.75) is 0 Å². The number of rotatable bonds is 5. The van der Waals surface area contributed by atoms with Crippen molar-refractivity contribution in [1.29, 1.82) is 0 Å². The molecule has 7 nitrogen and oxygen atoms in total. The SMILES string of the molecule is [Pt+2].[c-]1c(Oc2[c-]c3c(cc2)c2ccccc2n3-c2ccccn2)cccc1-n1nccc1-n1c2ccccc2c2ccncc21. The molecule has 0 radical (unpaired) electrons. The minimum atomic E-state index is 0. The zero-order chi connectivity index (χ0) is 29.0. The fourth-order valence-corrected chi connectivity index (χ4v) is 6.11. The van der Waals surface area contributed by atoms with Gasteiger partial charge in [0.1, 0.15) is 11.6 Å². The molecule has 9 rings (SSSR count). The predicted molar refractivity (Wildman–Crippen MR) is 172 cm³/mol. The summed E-state index contributed by atoms with van der Waals surface area (Å²) in [5, 5.41) is 9.20. The van der Waals surface area contributed by atoms with Gasteiger partial charge in [-0.25, -0.2) is 9.67 Å². The number of hydrogen-bond acceptors (Lipinski definition) is 4. The van der Waals surface area contributed by atoms with Gasteiger partial charge in [-0.1, -0.05) is 48.0 Å². The summed E-state index contributed by atoms with van der Waals surface area (Å²) in [6.07, 6.45) is 7.32. The Kier molecular flexibility index (Phi) is 6.54. The summed E-state index contributed by atoms with van der Waals surface area (Å²) >= 11 is 0. The Morgan fingerprint density at radius 3 is 2.16 bits per heavy atom. The number of para-hydroxylation sites is 2. The first-order valence-electron chi connectivity index (χ1n) is 14.3. The minimum Gasteiger partial charge on any atom is -0.509 e. The van der Waals surface area contributed by atoms with Crippen molar-refractivity contribution in [3.63, 3.8) is 0 Å². The zero-order valence-corrected chi connectivity index (χ0v) is 25.9. The van der Waals surface area contributed by atoms with E-state index in [1.165, 1.54) is 0 Å². The van der Waals surface area contributed by atoms with E-state index in [1.807, 2.05) is 77.7 Å². The van der Waals surface area contributed by atoms with Crippen LogP contribution in [-0.4, -0.2) is 28.9 Å². The number of fused-ring (bicyclic) bond motifs is 6. The first-order valence-corrected chi connectivity index (χ1v) is 14.3. The van der Waals surface area contributed by atoms with Crippen LogP contribution in [0.5, 0.6) is 11.5 Å². The van der Waals surface area contributed by atoms with Crippen molar-refractivity contribution in [1.82, 2.24) is 28.9 Å². The molecule has 0 aliphatic heterocycles. The maximum atomic E-state index is 6.38. The first-order chi connectivity index (χ1) is 21.8. The molecule has 0 amide bonds. The monoisotopic (exact) mass is 761 g/mol. The van der Waals surface area contributed by atoms with Crippen LogP contribution in [-0.2, 0) is 21.1 Å². The molecule has 0 atom stereocenters. The van der Waals surface area contributed by atoms with Gasteiger partial charge in [0.2, 0.25) is 0 Å². The molecule has 216 valence electrons. The van der Waals surface area contributed by atoms with Crippen LogP contribution in [0.3, 0.4) is 0 Å².